The summed E-state index contributed by atoms with van der Waals surface area (Å²) in [6.07, 6.45) is 4.57. The molecule has 3 rings (SSSR count). The van der Waals surface area contributed by atoms with E-state index in [1.165, 1.54) is 17.7 Å². The molecule has 0 bridgehead atoms. The van der Waals surface area contributed by atoms with Crippen molar-refractivity contribution in [1.29, 1.82) is 0 Å². The summed E-state index contributed by atoms with van der Waals surface area (Å²) in [5.41, 5.74) is 2.63. The van der Waals surface area contributed by atoms with E-state index >= 15 is 0 Å². The molecular weight excluding hydrogens is 352 g/mol. The fourth-order valence-electron chi connectivity index (χ4n) is 3.28. The lowest BCUT2D eigenvalue weighted by Gasteiger charge is -2.22. The fourth-order valence-corrected chi connectivity index (χ4v) is 3.99. The van der Waals surface area contributed by atoms with Crippen molar-refractivity contribution in [2.24, 2.45) is 0 Å². The Morgan fingerprint density at radius 3 is 2.56 bits per heavy atom. The molecule has 3 aromatic rings. The Bertz CT molecular complexity index is 872. The second kappa shape index (κ2) is 9.65. The molecule has 27 heavy (non-hydrogen) atoms. The zero-order chi connectivity index (χ0) is 19.1. The third-order valence-corrected chi connectivity index (χ3v) is 5.56. The summed E-state index contributed by atoms with van der Waals surface area (Å²) in [7, 11) is 0. The Hall–Kier alpha value is -2.20. The van der Waals surface area contributed by atoms with Gasteiger partial charge in [0.1, 0.15) is 5.69 Å². The number of carbonyl (C=O) groups excluding carboxylic acids is 1. The first kappa shape index (κ1) is 19.6. The minimum Gasteiger partial charge on any atom is -0.351 e. The number of para-hydroxylation sites is 1. The van der Waals surface area contributed by atoms with E-state index in [0.717, 1.165) is 41.7 Å². The second-order valence-electron chi connectivity index (χ2n) is 6.72. The zero-order valence-corrected chi connectivity index (χ0v) is 17.0. The average molecular weight is 381 g/mol. The molecule has 0 aliphatic carbocycles. The molecule has 0 saturated heterocycles. The molecule has 142 valence electrons. The van der Waals surface area contributed by atoms with E-state index in [-0.39, 0.29) is 5.91 Å². The maximum atomic E-state index is 13.3. The third-order valence-electron chi connectivity index (χ3n) is 4.68. The first-order valence-corrected chi connectivity index (χ1v) is 10.8. The molecule has 1 aromatic heterocycles. The number of aromatic amines is 1. The van der Waals surface area contributed by atoms with Crippen molar-refractivity contribution in [3.63, 3.8) is 0 Å². The van der Waals surface area contributed by atoms with Crippen molar-refractivity contribution >= 4 is 34.3 Å². The smallest absolute Gasteiger partial charge is 0.274 e. The monoisotopic (exact) mass is 380 g/mol. The number of carbonyl (C=O) groups is 1. The molecule has 2 aromatic carbocycles. The Morgan fingerprint density at radius 1 is 1.00 bits per heavy atom. The van der Waals surface area contributed by atoms with Crippen LogP contribution in [0.25, 0.3) is 10.9 Å². The van der Waals surface area contributed by atoms with Crippen LogP contribution in [0.4, 0.5) is 5.69 Å². The van der Waals surface area contributed by atoms with E-state index in [9.17, 15) is 4.79 Å². The molecule has 0 radical (unpaired) electrons. The van der Waals surface area contributed by atoms with Gasteiger partial charge in [-0.3, -0.25) is 4.79 Å². The average Bonchev–Trinajstić information content (AvgIpc) is 3.12. The lowest BCUT2D eigenvalue weighted by atomic mass is 10.1. The Kier molecular flexibility index (Phi) is 6.99. The molecular formula is C23H28N2OS. The van der Waals surface area contributed by atoms with Crippen molar-refractivity contribution in [2.45, 2.75) is 44.4 Å². The van der Waals surface area contributed by atoms with Crippen molar-refractivity contribution in [3.8, 4) is 0 Å². The summed E-state index contributed by atoms with van der Waals surface area (Å²) >= 11 is 1.82. The van der Waals surface area contributed by atoms with Gasteiger partial charge < -0.3 is 9.88 Å². The van der Waals surface area contributed by atoms with Crippen LogP contribution >= 0.6 is 11.8 Å². The number of hydrogen-bond donors (Lipinski definition) is 1. The number of nitrogens with one attached hydrogen (secondary N) is 1. The standard InChI is InChI=1S/C23H28N2OS/c1-3-5-6-10-15-25(19-11-8-7-9-12-19)23(26)22-17-18-16-20(27-4-2)13-14-21(18)24-22/h7-9,11-14,16-17,24H,3-6,10,15H2,1-2H3. The van der Waals surface area contributed by atoms with Crippen molar-refractivity contribution in [3.05, 3.63) is 60.3 Å². The highest BCUT2D eigenvalue weighted by molar-refractivity contribution is 7.99. The van der Waals surface area contributed by atoms with Gasteiger partial charge in [-0.2, -0.15) is 0 Å². The van der Waals surface area contributed by atoms with Gasteiger partial charge in [-0.15, -0.1) is 11.8 Å². The number of anilines is 1. The number of rotatable bonds is 9. The molecule has 0 fully saturated rings. The van der Waals surface area contributed by atoms with Gasteiger partial charge in [0.15, 0.2) is 0 Å². The van der Waals surface area contributed by atoms with E-state index in [1.54, 1.807) is 0 Å². The number of benzene rings is 2. The lowest BCUT2D eigenvalue weighted by molar-refractivity contribution is 0.0982. The number of aromatic nitrogens is 1. The summed E-state index contributed by atoms with van der Waals surface area (Å²) in [6.45, 7) is 5.10. The van der Waals surface area contributed by atoms with E-state index in [1.807, 2.05) is 53.1 Å². The fraction of sp³-hybridized carbons (Fsp3) is 0.348. The third kappa shape index (κ3) is 4.95. The van der Waals surface area contributed by atoms with Gasteiger partial charge in [-0.25, -0.2) is 0 Å². The maximum Gasteiger partial charge on any atom is 0.274 e. The number of unbranched alkanes of at least 4 members (excludes halogenated alkanes) is 3. The van der Waals surface area contributed by atoms with Crippen molar-refractivity contribution < 1.29 is 4.79 Å². The number of hydrogen-bond acceptors (Lipinski definition) is 2. The molecule has 0 atom stereocenters. The quantitative estimate of drug-likeness (QED) is 0.339. The molecule has 0 saturated carbocycles. The number of amides is 1. The van der Waals surface area contributed by atoms with Crippen LogP contribution in [0.1, 0.15) is 50.0 Å². The van der Waals surface area contributed by atoms with Gasteiger partial charge >= 0.3 is 0 Å². The summed E-state index contributed by atoms with van der Waals surface area (Å²) in [5, 5.41) is 1.09. The van der Waals surface area contributed by atoms with Crippen LogP contribution in [0.5, 0.6) is 0 Å². The van der Waals surface area contributed by atoms with Gasteiger partial charge in [0.05, 0.1) is 0 Å². The number of nitrogens with zero attached hydrogens (tertiary/aromatic N) is 1. The normalized spacial score (nSPS) is 11.0. The lowest BCUT2D eigenvalue weighted by Crippen LogP contribution is -2.32. The maximum absolute atomic E-state index is 13.3. The largest absolute Gasteiger partial charge is 0.351 e. The summed E-state index contributed by atoms with van der Waals surface area (Å²) in [4.78, 5) is 19.7. The van der Waals surface area contributed by atoms with Crippen LogP contribution < -0.4 is 4.90 Å². The van der Waals surface area contributed by atoms with Crippen LogP contribution in [0.2, 0.25) is 0 Å². The first-order chi connectivity index (χ1) is 13.2. The minimum atomic E-state index is 0.0404. The van der Waals surface area contributed by atoms with Crippen LogP contribution in [-0.2, 0) is 0 Å². The summed E-state index contributed by atoms with van der Waals surface area (Å²) < 4.78 is 0. The topological polar surface area (TPSA) is 36.1 Å². The molecule has 1 N–H and O–H groups in total. The van der Waals surface area contributed by atoms with E-state index in [0.29, 0.717) is 5.69 Å². The Labute approximate surface area is 166 Å². The van der Waals surface area contributed by atoms with E-state index in [4.69, 9.17) is 0 Å². The predicted octanol–water partition coefficient (Wildman–Crippen LogP) is 6.51. The van der Waals surface area contributed by atoms with Crippen LogP contribution in [-0.4, -0.2) is 23.2 Å². The van der Waals surface area contributed by atoms with Crippen molar-refractivity contribution in [2.75, 3.05) is 17.2 Å². The molecule has 3 nitrogen and oxygen atoms in total. The van der Waals surface area contributed by atoms with Gasteiger partial charge in [0, 0.05) is 28.0 Å². The Morgan fingerprint density at radius 2 is 1.81 bits per heavy atom. The molecule has 0 spiro atoms. The minimum absolute atomic E-state index is 0.0404. The predicted molar refractivity (Wildman–Crippen MR) is 117 cm³/mol. The highest BCUT2D eigenvalue weighted by atomic mass is 32.2. The van der Waals surface area contributed by atoms with Crippen LogP contribution in [0, 0.1) is 0 Å². The highest BCUT2D eigenvalue weighted by Gasteiger charge is 2.19. The molecule has 1 heterocycles. The van der Waals surface area contributed by atoms with Gasteiger partial charge in [-0.05, 0) is 48.6 Å². The molecule has 4 heteroatoms. The van der Waals surface area contributed by atoms with E-state index in [2.05, 4.69) is 37.0 Å². The first-order valence-electron chi connectivity index (χ1n) is 9.85. The van der Waals surface area contributed by atoms with Crippen LogP contribution in [0.15, 0.2) is 59.5 Å². The van der Waals surface area contributed by atoms with E-state index < -0.39 is 0 Å². The zero-order valence-electron chi connectivity index (χ0n) is 16.2. The van der Waals surface area contributed by atoms with Crippen LogP contribution in [0.3, 0.4) is 0 Å². The molecule has 0 unspecified atom stereocenters. The van der Waals surface area contributed by atoms with Gasteiger partial charge in [0.25, 0.3) is 5.91 Å². The number of H-pyrrole nitrogens is 1. The molecule has 0 aliphatic heterocycles. The molecule has 0 aliphatic rings. The highest BCUT2D eigenvalue weighted by Crippen LogP contribution is 2.25. The second-order valence-corrected chi connectivity index (χ2v) is 8.06. The summed E-state index contributed by atoms with van der Waals surface area (Å²) in [5.74, 6) is 1.08. The number of thioether (sulfide) groups is 1. The summed E-state index contributed by atoms with van der Waals surface area (Å²) in [6, 6.07) is 18.3. The van der Waals surface area contributed by atoms with Gasteiger partial charge in [-0.1, -0.05) is 51.3 Å². The molecule has 1 amide bonds. The van der Waals surface area contributed by atoms with Crippen molar-refractivity contribution in [1.82, 2.24) is 4.98 Å². The number of fused-ring (bicyclic) bond motifs is 1. The van der Waals surface area contributed by atoms with Gasteiger partial charge in [0.2, 0.25) is 0 Å². The SMILES string of the molecule is CCCCCCN(C(=O)c1cc2cc(SCC)ccc2[nH]1)c1ccccc1. The Balaban J connectivity index is 1.85.